The maximum absolute atomic E-state index is 12.0. The first kappa shape index (κ1) is 15.6. The number of esters is 1. The lowest BCUT2D eigenvalue weighted by atomic mass is 9.99. The first-order valence-electron chi connectivity index (χ1n) is 6.55. The first-order chi connectivity index (χ1) is 10.1. The zero-order chi connectivity index (χ0) is 15.4. The van der Waals surface area contributed by atoms with Crippen molar-refractivity contribution in [2.45, 2.75) is 18.9 Å². The molecule has 1 unspecified atom stereocenters. The third kappa shape index (κ3) is 3.13. The van der Waals surface area contributed by atoms with Crippen LogP contribution in [0, 0.1) is 0 Å². The van der Waals surface area contributed by atoms with Crippen molar-refractivity contribution in [2.24, 2.45) is 0 Å². The second-order valence-electron chi connectivity index (χ2n) is 4.53. The van der Waals surface area contributed by atoms with E-state index in [4.69, 9.17) is 14.2 Å². The molecule has 0 saturated heterocycles. The lowest BCUT2D eigenvalue weighted by molar-refractivity contribution is -0.143. The fourth-order valence-electron chi connectivity index (χ4n) is 2.05. The Kier molecular flexibility index (Phi) is 5.07. The number of methoxy groups -OCH3 is 2. The second kappa shape index (κ2) is 6.80. The molecule has 0 aromatic heterocycles. The largest absolute Gasteiger partial charge is 0.496 e. The molecule has 0 bridgehead atoms. The van der Waals surface area contributed by atoms with Gasteiger partial charge in [-0.1, -0.05) is 12.7 Å². The van der Waals surface area contributed by atoms with Crippen LogP contribution in [0.5, 0.6) is 11.5 Å². The van der Waals surface area contributed by atoms with Gasteiger partial charge in [-0.05, 0) is 47.0 Å². The molecule has 5 heteroatoms. The summed E-state index contributed by atoms with van der Waals surface area (Å²) < 4.78 is 16.8. The minimum Gasteiger partial charge on any atom is -0.496 e. The zero-order valence-corrected chi connectivity index (χ0v) is 13.6. The molecule has 1 aliphatic carbocycles. The van der Waals surface area contributed by atoms with E-state index in [0.29, 0.717) is 27.1 Å². The molecule has 0 N–H and O–H groups in total. The maximum Gasteiger partial charge on any atom is 0.334 e. The Morgan fingerprint density at radius 2 is 1.95 bits per heavy atom. The fraction of sp³-hybridized carbons (Fsp3) is 0.312. The van der Waals surface area contributed by atoms with Crippen molar-refractivity contribution in [1.82, 2.24) is 0 Å². The summed E-state index contributed by atoms with van der Waals surface area (Å²) in [7, 11) is 3.14. The summed E-state index contributed by atoms with van der Waals surface area (Å²) in [6, 6.07) is 3.55. The predicted molar refractivity (Wildman–Crippen MR) is 83.6 cm³/mol. The third-order valence-electron chi connectivity index (χ3n) is 3.34. The molecule has 1 atom stereocenters. The molecule has 4 nitrogen and oxygen atoms in total. The van der Waals surface area contributed by atoms with Crippen LogP contribution in [0.3, 0.4) is 0 Å². The van der Waals surface area contributed by atoms with Crippen LogP contribution < -0.4 is 9.47 Å². The van der Waals surface area contributed by atoms with Crippen LogP contribution in [0.4, 0.5) is 0 Å². The van der Waals surface area contributed by atoms with Gasteiger partial charge in [0.2, 0.25) is 0 Å². The second-order valence-corrected chi connectivity index (χ2v) is 5.32. The van der Waals surface area contributed by atoms with E-state index in [9.17, 15) is 4.79 Å². The molecule has 0 heterocycles. The minimum atomic E-state index is -0.613. The lowest BCUT2D eigenvalue weighted by Crippen LogP contribution is -2.16. The summed E-state index contributed by atoms with van der Waals surface area (Å²) in [5.74, 6) is 0.919. The van der Waals surface area contributed by atoms with E-state index in [1.807, 2.05) is 6.08 Å². The highest BCUT2D eigenvalue weighted by Gasteiger charge is 2.25. The molecule has 0 amide bonds. The highest BCUT2D eigenvalue weighted by molar-refractivity contribution is 9.10. The van der Waals surface area contributed by atoms with Crippen molar-refractivity contribution in [3.05, 3.63) is 46.5 Å². The average molecular weight is 353 g/mol. The van der Waals surface area contributed by atoms with Crippen molar-refractivity contribution < 1.29 is 19.0 Å². The van der Waals surface area contributed by atoms with Crippen LogP contribution in [0.1, 0.15) is 24.5 Å². The van der Waals surface area contributed by atoms with Crippen molar-refractivity contribution >= 4 is 21.9 Å². The Morgan fingerprint density at radius 3 is 2.43 bits per heavy atom. The van der Waals surface area contributed by atoms with Gasteiger partial charge >= 0.3 is 5.97 Å². The molecule has 21 heavy (non-hydrogen) atoms. The predicted octanol–water partition coefficient (Wildman–Crippen LogP) is 3.96. The summed E-state index contributed by atoms with van der Waals surface area (Å²) >= 11 is 3.47. The lowest BCUT2D eigenvalue weighted by Gasteiger charge is -2.22. The van der Waals surface area contributed by atoms with Crippen molar-refractivity contribution in [2.75, 3.05) is 14.2 Å². The van der Waals surface area contributed by atoms with Gasteiger partial charge in [-0.3, -0.25) is 0 Å². The Labute approximate surface area is 132 Å². The Balaban J connectivity index is 2.36. The van der Waals surface area contributed by atoms with Crippen LogP contribution in [0.25, 0.3) is 0 Å². The summed E-state index contributed by atoms with van der Waals surface area (Å²) in [5.41, 5.74) is 1.39. The Bertz CT molecular complexity index is 592. The number of hydrogen-bond donors (Lipinski definition) is 0. The van der Waals surface area contributed by atoms with Crippen molar-refractivity contribution in [3.63, 3.8) is 0 Å². The van der Waals surface area contributed by atoms with Crippen LogP contribution in [0.2, 0.25) is 0 Å². The highest BCUT2D eigenvalue weighted by Crippen LogP contribution is 2.41. The van der Waals surface area contributed by atoms with E-state index in [2.05, 4.69) is 22.5 Å². The van der Waals surface area contributed by atoms with Gasteiger partial charge in [-0.15, -0.1) is 0 Å². The molecule has 1 aliphatic rings. The first-order valence-corrected chi connectivity index (χ1v) is 7.34. The molecule has 0 radical (unpaired) electrons. The maximum atomic E-state index is 12.0. The number of ether oxygens (including phenoxy) is 3. The molecule has 0 aliphatic heterocycles. The number of halogens is 1. The van der Waals surface area contributed by atoms with Crippen molar-refractivity contribution in [1.29, 1.82) is 0 Å². The molecular weight excluding hydrogens is 336 g/mol. The topological polar surface area (TPSA) is 44.8 Å². The molecule has 0 spiro atoms. The van der Waals surface area contributed by atoms with Crippen LogP contribution in [-0.2, 0) is 9.53 Å². The van der Waals surface area contributed by atoms with E-state index in [0.717, 1.165) is 12.8 Å². The average Bonchev–Trinajstić information content (AvgIpc) is 2.42. The number of rotatable bonds is 6. The molecule has 1 aromatic rings. The fourth-order valence-corrected chi connectivity index (χ4v) is 2.76. The summed E-state index contributed by atoms with van der Waals surface area (Å²) in [6.07, 6.45) is 4.52. The standard InChI is InChI=1S/C16H17BrO4/c1-4-11(21-16(18)10-6-5-7-10)14-12(19-2)8-9-13(20-3)15(14)17/h4,6,8-9,11H,1,5,7H2,2-3H3. The van der Waals surface area contributed by atoms with Gasteiger partial charge in [0.1, 0.15) is 17.6 Å². The van der Waals surface area contributed by atoms with Gasteiger partial charge in [0.25, 0.3) is 0 Å². The SMILES string of the molecule is C=CC(OC(=O)C1=CCC1)c1c(OC)ccc(OC)c1Br. The Hall–Kier alpha value is -1.75. The van der Waals surface area contributed by atoms with E-state index < -0.39 is 6.10 Å². The summed E-state index contributed by atoms with van der Waals surface area (Å²) in [4.78, 5) is 12.0. The van der Waals surface area contributed by atoms with Gasteiger partial charge in [0.15, 0.2) is 0 Å². The molecule has 1 aromatic carbocycles. The van der Waals surface area contributed by atoms with E-state index in [1.165, 1.54) is 0 Å². The van der Waals surface area contributed by atoms with Crippen LogP contribution in [-0.4, -0.2) is 20.2 Å². The summed E-state index contributed by atoms with van der Waals surface area (Å²) in [6.45, 7) is 3.75. The summed E-state index contributed by atoms with van der Waals surface area (Å²) in [5, 5.41) is 0. The highest BCUT2D eigenvalue weighted by atomic mass is 79.9. The van der Waals surface area contributed by atoms with E-state index in [1.54, 1.807) is 32.4 Å². The number of hydrogen-bond acceptors (Lipinski definition) is 4. The van der Waals surface area contributed by atoms with Crippen LogP contribution >= 0.6 is 15.9 Å². The quantitative estimate of drug-likeness (QED) is 0.574. The van der Waals surface area contributed by atoms with Gasteiger partial charge in [0.05, 0.1) is 24.3 Å². The minimum absolute atomic E-state index is 0.317. The molecule has 0 saturated carbocycles. The van der Waals surface area contributed by atoms with Gasteiger partial charge in [-0.25, -0.2) is 4.79 Å². The van der Waals surface area contributed by atoms with Gasteiger partial charge in [-0.2, -0.15) is 0 Å². The number of carbonyl (C=O) groups is 1. The van der Waals surface area contributed by atoms with Crippen molar-refractivity contribution in [3.8, 4) is 11.5 Å². The van der Waals surface area contributed by atoms with Gasteiger partial charge in [0, 0.05) is 5.57 Å². The van der Waals surface area contributed by atoms with E-state index in [-0.39, 0.29) is 5.97 Å². The normalized spacial score (nSPS) is 14.5. The van der Waals surface area contributed by atoms with Crippen LogP contribution in [0.15, 0.2) is 40.9 Å². The molecule has 0 fully saturated rings. The van der Waals surface area contributed by atoms with E-state index >= 15 is 0 Å². The third-order valence-corrected chi connectivity index (χ3v) is 4.16. The number of benzene rings is 1. The molecule has 2 rings (SSSR count). The molecule has 112 valence electrons. The monoisotopic (exact) mass is 352 g/mol. The smallest absolute Gasteiger partial charge is 0.334 e. The number of carbonyl (C=O) groups excluding carboxylic acids is 1. The molecular formula is C16H17BrO4. The Morgan fingerprint density at radius 1 is 1.33 bits per heavy atom. The van der Waals surface area contributed by atoms with Gasteiger partial charge < -0.3 is 14.2 Å². The zero-order valence-electron chi connectivity index (χ0n) is 12.0. The number of allylic oxidation sites excluding steroid dienone is 1.